The van der Waals surface area contributed by atoms with Gasteiger partial charge < -0.3 is 4.74 Å². The van der Waals surface area contributed by atoms with E-state index in [1.165, 1.54) is 18.3 Å². The number of benzene rings is 3. The van der Waals surface area contributed by atoms with Crippen LogP contribution in [0.2, 0.25) is 0 Å². The van der Waals surface area contributed by atoms with Crippen LogP contribution in [-0.4, -0.2) is 25.8 Å². The lowest BCUT2D eigenvalue weighted by Crippen LogP contribution is -2.12. The van der Waals surface area contributed by atoms with E-state index < -0.39 is 21.4 Å². The predicted octanol–water partition coefficient (Wildman–Crippen LogP) is 4.84. The van der Waals surface area contributed by atoms with Crippen LogP contribution in [-0.2, 0) is 9.84 Å². The molecule has 0 saturated heterocycles. The van der Waals surface area contributed by atoms with E-state index in [1.54, 1.807) is 48.5 Å². The van der Waals surface area contributed by atoms with Crippen LogP contribution in [0.4, 0.5) is 4.39 Å². The van der Waals surface area contributed by atoms with Gasteiger partial charge in [0.2, 0.25) is 9.84 Å². The zero-order valence-corrected chi connectivity index (χ0v) is 17.4. The molecule has 0 amide bonds. The maximum Gasteiger partial charge on any atom is 0.208 e. The second-order valence-corrected chi connectivity index (χ2v) is 8.65. The van der Waals surface area contributed by atoms with Crippen LogP contribution in [0.15, 0.2) is 88.8 Å². The van der Waals surface area contributed by atoms with Crippen molar-refractivity contribution in [2.24, 2.45) is 0 Å². The van der Waals surface area contributed by atoms with Crippen molar-refractivity contribution in [2.75, 3.05) is 6.61 Å². The lowest BCUT2D eigenvalue weighted by atomic mass is 10.0. The summed E-state index contributed by atoms with van der Waals surface area (Å²) in [6, 6.07) is 17.7. The van der Waals surface area contributed by atoms with Gasteiger partial charge in [0.15, 0.2) is 5.78 Å². The first-order chi connectivity index (χ1) is 14.9. The molecule has 5 nitrogen and oxygen atoms in total. The Hall–Kier alpha value is -3.58. The van der Waals surface area contributed by atoms with Crippen molar-refractivity contribution in [3.05, 3.63) is 95.9 Å². The molecular formula is C24H18FNO4S. The molecule has 0 aliphatic rings. The molecule has 0 N–H and O–H groups in total. The molecule has 7 heteroatoms. The van der Waals surface area contributed by atoms with Crippen molar-refractivity contribution in [1.29, 1.82) is 0 Å². The lowest BCUT2D eigenvalue weighted by molar-refractivity contribution is 0.103. The number of nitrogens with zero attached hydrogens (tertiary/aromatic N) is 1. The molecule has 4 aromatic rings. The fourth-order valence-corrected chi connectivity index (χ4v) is 4.95. The fourth-order valence-electron chi connectivity index (χ4n) is 3.32. The number of carbonyl (C=O) groups excluding carboxylic acids is 1. The molecule has 0 aliphatic heterocycles. The largest absolute Gasteiger partial charge is 0.494 e. The Morgan fingerprint density at radius 3 is 2.32 bits per heavy atom. The number of hydrogen-bond acceptors (Lipinski definition) is 5. The average molecular weight is 435 g/mol. The van der Waals surface area contributed by atoms with Crippen LogP contribution in [0, 0.1) is 5.82 Å². The Balaban J connectivity index is 1.92. The van der Waals surface area contributed by atoms with Crippen LogP contribution < -0.4 is 4.74 Å². The van der Waals surface area contributed by atoms with Crippen LogP contribution in [0.25, 0.3) is 10.9 Å². The van der Waals surface area contributed by atoms with Crippen molar-refractivity contribution < 1.29 is 22.3 Å². The number of pyridine rings is 1. The van der Waals surface area contributed by atoms with E-state index in [0.29, 0.717) is 28.8 Å². The van der Waals surface area contributed by atoms with Gasteiger partial charge in [-0.1, -0.05) is 18.2 Å². The lowest BCUT2D eigenvalue weighted by Gasteiger charge is -2.13. The number of rotatable bonds is 6. The quantitative estimate of drug-likeness (QED) is 0.320. The monoisotopic (exact) mass is 435 g/mol. The zero-order valence-electron chi connectivity index (χ0n) is 16.6. The Bertz CT molecular complexity index is 1370. The zero-order chi connectivity index (χ0) is 22.0. The van der Waals surface area contributed by atoms with Gasteiger partial charge in [0.25, 0.3) is 0 Å². The molecule has 0 spiro atoms. The summed E-state index contributed by atoms with van der Waals surface area (Å²) in [4.78, 5) is 17.3. The van der Waals surface area contributed by atoms with Crippen LogP contribution in [0.1, 0.15) is 22.8 Å². The molecule has 0 bridgehead atoms. The number of sulfone groups is 1. The molecule has 0 aliphatic carbocycles. The molecule has 0 unspecified atom stereocenters. The number of ketones is 1. The van der Waals surface area contributed by atoms with E-state index in [0.717, 1.165) is 12.1 Å². The van der Waals surface area contributed by atoms with Gasteiger partial charge in [0, 0.05) is 17.1 Å². The normalized spacial score (nSPS) is 11.4. The smallest absolute Gasteiger partial charge is 0.208 e. The predicted molar refractivity (Wildman–Crippen MR) is 115 cm³/mol. The van der Waals surface area contributed by atoms with E-state index >= 15 is 0 Å². The highest BCUT2D eigenvalue weighted by atomic mass is 32.2. The van der Waals surface area contributed by atoms with Crippen molar-refractivity contribution >= 4 is 26.5 Å². The average Bonchev–Trinajstić information content (AvgIpc) is 2.79. The number of hydrogen-bond donors (Lipinski definition) is 0. The summed E-state index contributed by atoms with van der Waals surface area (Å²) >= 11 is 0. The standard InChI is InChI=1S/C24H18FNO4S/c1-2-30-18-11-7-16(8-12-18)23(27)21-15-26-22-6-4-3-5-20(22)24(21)31(28,29)19-13-9-17(25)10-14-19/h3-15H,2H2,1H3. The summed E-state index contributed by atoms with van der Waals surface area (Å²) < 4.78 is 45.8. The fraction of sp³-hybridized carbons (Fsp3) is 0.0833. The summed E-state index contributed by atoms with van der Waals surface area (Å²) in [5.74, 6) is -0.430. The molecule has 0 fully saturated rings. The first-order valence-corrected chi connectivity index (χ1v) is 11.1. The third-order valence-electron chi connectivity index (χ3n) is 4.79. The van der Waals surface area contributed by atoms with Crippen molar-refractivity contribution in [1.82, 2.24) is 4.98 Å². The molecule has 1 heterocycles. The number of aromatic nitrogens is 1. The van der Waals surface area contributed by atoms with Gasteiger partial charge in [0.05, 0.1) is 27.5 Å². The Morgan fingerprint density at radius 2 is 1.65 bits per heavy atom. The SMILES string of the molecule is CCOc1ccc(C(=O)c2cnc3ccccc3c2S(=O)(=O)c2ccc(F)cc2)cc1. The van der Waals surface area contributed by atoms with Crippen molar-refractivity contribution in [3.8, 4) is 5.75 Å². The molecular weight excluding hydrogens is 417 g/mol. The summed E-state index contributed by atoms with van der Waals surface area (Å²) in [5.41, 5.74) is 0.690. The third-order valence-corrected chi connectivity index (χ3v) is 6.66. The minimum atomic E-state index is -4.13. The minimum absolute atomic E-state index is 0.0489. The van der Waals surface area contributed by atoms with E-state index in [9.17, 15) is 17.6 Å². The number of halogens is 1. The van der Waals surface area contributed by atoms with Crippen molar-refractivity contribution in [3.63, 3.8) is 0 Å². The van der Waals surface area contributed by atoms with Crippen LogP contribution >= 0.6 is 0 Å². The van der Waals surface area contributed by atoms with E-state index in [4.69, 9.17) is 4.74 Å². The Labute approximate surface area is 179 Å². The highest BCUT2D eigenvalue weighted by molar-refractivity contribution is 7.91. The first-order valence-electron chi connectivity index (χ1n) is 9.58. The molecule has 0 atom stereocenters. The van der Waals surface area contributed by atoms with Gasteiger partial charge in [-0.15, -0.1) is 0 Å². The summed E-state index contributed by atoms with van der Waals surface area (Å²) in [7, 11) is -4.13. The summed E-state index contributed by atoms with van der Waals surface area (Å²) in [5, 5.41) is 0.323. The highest BCUT2D eigenvalue weighted by Gasteiger charge is 2.28. The Kier molecular flexibility index (Phi) is 5.52. The second kappa shape index (κ2) is 8.28. The van der Waals surface area contributed by atoms with E-state index in [2.05, 4.69) is 4.98 Å². The molecule has 0 radical (unpaired) electrons. The second-order valence-electron chi connectivity index (χ2n) is 6.76. The molecule has 31 heavy (non-hydrogen) atoms. The summed E-state index contributed by atoms with van der Waals surface area (Å²) in [6.45, 7) is 2.34. The summed E-state index contributed by atoms with van der Waals surface area (Å²) in [6.07, 6.45) is 1.28. The van der Waals surface area contributed by atoms with Gasteiger partial charge in [-0.3, -0.25) is 9.78 Å². The van der Waals surface area contributed by atoms with Crippen LogP contribution in [0.3, 0.4) is 0 Å². The van der Waals surface area contributed by atoms with Gasteiger partial charge in [-0.05, 0) is 61.5 Å². The molecule has 156 valence electrons. The van der Waals surface area contributed by atoms with Gasteiger partial charge in [0.1, 0.15) is 11.6 Å². The highest BCUT2D eigenvalue weighted by Crippen LogP contribution is 2.32. The Morgan fingerprint density at radius 1 is 0.968 bits per heavy atom. The van der Waals surface area contributed by atoms with Crippen molar-refractivity contribution in [2.45, 2.75) is 16.7 Å². The maximum absolute atomic E-state index is 13.5. The number of para-hydroxylation sites is 1. The van der Waals surface area contributed by atoms with Gasteiger partial charge in [-0.25, -0.2) is 12.8 Å². The molecule has 0 saturated carbocycles. The third kappa shape index (κ3) is 3.92. The first kappa shape index (κ1) is 20.7. The molecule has 4 rings (SSSR count). The number of carbonyl (C=O) groups is 1. The molecule has 3 aromatic carbocycles. The van der Waals surface area contributed by atoms with Gasteiger partial charge in [-0.2, -0.15) is 0 Å². The van der Waals surface area contributed by atoms with Crippen LogP contribution in [0.5, 0.6) is 5.75 Å². The maximum atomic E-state index is 13.5. The van der Waals surface area contributed by atoms with E-state index in [-0.39, 0.29) is 15.4 Å². The number of ether oxygens (including phenoxy) is 1. The topological polar surface area (TPSA) is 73.3 Å². The van der Waals surface area contributed by atoms with Gasteiger partial charge >= 0.3 is 0 Å². The number of fused-ring (bicyclic) bond motifs is 1. The van der Waals surface area contributed by atoms with E-state index in [1.807, 2.05) is 6.92 Å². The minimum Gasteiger partial charge on any atom is -0.494 e. The molecule has 1 aromatic heterocycles.